The van der Waals surface area contributed by atoms with Crippen LogP contribution in [-0.4, -0.2) is 10.9 Å². The maximum Gasteiger partial charge on any atom is 0.292 e. The molecule has 0 aliphatic heterocycles. The van der Waals surface area contributed by atoms with Crippen LogP contribution in [0.3, 0.4) is 0 Å². The van der Waals surface area contributed by atoms with Crippen molar-refractivity contribution in [3.63, 3.8) is 0 Å². The van der Waals surface area contributed by atoms with Gasteiger partial charge >= 0.3 is 0 Å². The predicted molar refractivity (Wildman–Crippen MR) is 66.3 cm³/mol. The first kappa shape index (κ1) is 11.3. The van der Waals surface area contributed by atoms with E-state index in [1.54, 1.807) is 30.3 Å². The third-order valence-corrected chi connectivity index (χ3v) is 2.62. The molecule has 0 saturated heterocycles. The van der Waals surface area contributed by atoms with Crippen molar-refractivity contribution in [3.8, 4) is 0 Å². The summed E-state index contributed by atoms with van der Waals surface area (Å²) in [5, 5.41) is 2.62. The van der Waals surface area contributed by atoms with E-state index in [1.807, 2.05) is 0 Å². The molecule has 0 spiro atoms. The van der Waals surface area contributed by atoms with Gasteiger partial charge in [0, 0.05) is 0 Å². The molecule has 2 aromatic rings. The summed E-state index contributed by atoms with van der Waals surface area (Å²) >= 11 is 6.35. The van der Waals surface area contributed by atoms with E-state index in [-0.39, 0.29) is 11.7 Å². The minimum atomic E-state index is -0.337. The van der Waals surface area contributed by atoms with Crippen LogP contribution in [0.2, 0.25) is 0 Å². The van der Waals surface area contributed by atoms with Crippen LogP contribution in [0.5, 0.6) is 0 Å². The summed E-state index contributed by atoms with van der Waals surface area (Å²) in [6, 6.07) is 8.49. The van der Waals surface area contributed by atoms with Crippen LogP contribution in [0.15, 0.2) is 44.0 Å². The predicted octanol–water partition coefficient (Wildman–Crippen LogP) is 3.45. The monoisotopic (exact) mass is 344 g/mol. The molecule has 0 saturated carbocycles. The summed E-state index contributed by atoms with van der Waals surface area (Å²) < 4.78 is 6.28. The van der Waals surface area contributed by atoms with Crippen LogP contribution in [0.4, 0.5) is 5.82 Å². The van der Waals surface area contributed by atoms with Crippen LogP contribution >= 0.6 is 31.9 Å². The van der Waals surface area contributed by atoms with Crippen LogP contribution in [0, 0.1) is 0 Å². The number of nitrogens with one attached hydrogen (secondary N) is 1. The number of halogens is 2. The molecule has 0 aliphatic carbocycles. The molecule has 1 amide bonds. The van der Waals surface area contributed by atoms with Gasteiger partial charge in [-0.25, -0.2) is 4.98 Å². The van der Waals surface area contributed by atoms with Gasteiger partial charge in [-0.3, -0.25) is 4.79 Å². The van der Waals surface area contributed by atoms with Crippen molar-refractivity contribution in [2.45, 2.75) is 0 Å². The van der Waals surface area contributed by atoms with E-state index in [1.165, 1.54) is 0 Å². The molecule has 1 N–H and O–H groups in total. The Morgan fingerprint density at radius 2 is 2.06 bits per heavy atom. The molecular formula is C10H6Br2N2O2. The van der Waals surface area contributed by atoms with Crippen molar-refractivity contribution < 1.29 is 9.21 Å². The molecule has 2 rings (SSSR count). The lowest BCUT2D eigenvalue weighted by Gasteiger charge is -2.01. The van der Waals surface area contributed by atoms with Crippen molar-refractivity contribution in [3.05, 3.63) is 45.4 Å². The standard InChI is InChI=1S/C10H6Br2N2O2/c11-7-2-1-3-9(13-7)14-10(15)6-4-5-8(12)16-6/h1-5H,(H,13,14,15). The zero-order chi connectivity index (χ0) is 11.5. The van der Waals surface area contributed by atoms with Gasteiger partial charge in [0.05, 0.1) is 0 Å². The van der Waals surface area contributed by atoms with E-state index in [4.69, 9.17) is 4.42 Å². The van der Waals surface area contributed by atoms with E-state index in [2.05, 4.69) is 42.2 Å². The highest BCUT2D eigenvalue weighted by molar-refractivity contribution is 9.10. The summed E-state index contributed by atoms with van der Waals surface area (Å²) in [4.78, 5) is 15.7. The van der Waals surface area contributed by atoms with Gasteiger partial charge in [-0.2, -0.15) is 0 Å². The molecule has 2 heterocycles. The number of carbonyl (C=O) groups excluding carboxylic acids is 1. The highest BCUT2D eigenvalue weighted by atomic mass is 79.9. The van der Waals surface area contributed by atoms with E-state index < -0.39 is 0 Å². The van der Waals surface area contributed by atoms with Crippen molar-refractivity contribution >= 4 is 43.6 Å². The molecule has 2 aromatic heterocycles. The fourth-order valence-corrected chi connectivity index (χ4v) is 1.74. The number of furan rings is 1. The fraction of sp³-hybridized carbons (Fsp3) is 0. The zero-order valence-electron chi connectivity index (χ0n) is 7.91. The number of aromatic nitrogens is 1. The summed E-state index contributed by atoms with van der Waals surface area (Å²) in [7, 11) is 0. The number of rotatable bonds is 2. The number of amides is 1. The van der Waals surface area contributed by atoms with Gasteiger partial charge in [0.25, 0.3) is 5.91 Å². The van der Waals surface area contributed by atoms with Crippen LogP contribution in [0.1, 0.15) is 10.6 Å². The van der Waals surface area contributed by atoms with Gasteiger partial charge < -0.3 is 9.73 Å². The third-order valence-electron chi connectivity index (χ3n) is 1.75. The Labute approximate surface area is 108 Å². The molecule has 0 aromatic carbocycles. The number of nitrogens with zero attached hydrogens (tertiary/aromatic N) is 1. The summed E-state index contributed by atoms with van der Waals surface area (Å²) in [5.74, 6) is 0.358. The number of carbonyl (C=O) groups is 1. The molecule has 0 unspecified atom stereocenters. The third kappa shape index (κ3) is 2.70. The molecule has 82 valence electrons. The summed E-state index contributed by atoms with van der Waals surface area (Å²) in [6.45, 7) is 0. The first-order chi connectivity index (χ1) is 7.65. The van der Waals surface area contributed by atoms with Gasteiger partial charge in [0.2, 0.25) is 0 Å². The highest BCUT2D eigenvalue weighted by Crippen LogP contribution is 2.16. The molecule has 0 radical (unpaired) electrons. The first-order valence-electron chi connectivity index (χ1n) is 4.34. The molecule has 0 atom stereocenters. The topological polar surface area (TPSA) is 55.1 Å². The normalized spacial score (nSPS) is 10.1. The van der Waals surface area contributed by atoms with Gasteiger partial charge in [-0.1, -0.05) is 6.07 Å². The Balaban J connectivity index is 2.13. The van der Waals surface area contributed by atoms with E-state index >= 15 is 0 Å². The van der Waals surface area contributed by atoms with Crippen molar-refractivity contribution in [1.82, 2.24) is 4.98 Å². The molecule has 0 bridgehead atoms. The molecule has 0 fully saturated rings. The Kier molecular flexibility index (Phi) is 3.40. The Morgan fingerprint density at radius 1 is 1.25 bits per heavy atom. The van der Waals surface area contributed by atoms with Crippen LogP contribution in [-0.2, 0) is 0 Å². The molecule has 6 heteroatoms. The Hall–Kier alpha value is -1.14. The van der Waals surface area contributed by atoms with Crippen molar-refractivity contribution in [2.24, 2.45) is 0 Å². The van der Waals surface area contributed by atoms with Gasteiger partial charge in [-0.05, 0) is 56.1 Å². The largest absolute Gasteiger partial charge is 0.444 e. The molecule has 4 nitrogen and oxygen atoms in total. The fourth-order valence-electron chi connectivity index (χ4n) is 1.09. The van der Waals surface area contributed by atoms with Gasteiger partial charge in [0.15, 0.2) is 10.4 Å². The quantitative estimate of drug-likeness (QED) is 0.848. The molecular weight excluding hydrogens is 340 g/mol. The van der Waals surface area contributed by atoms with E-state index in [0.717, 1.165) is 0 Å². The maximum absolute atomic E-state index is 11.7. The molecule has 0 aliphatic rings. The number of hydrogen-bond donors (Lipinski definition) is 1. The average molecular weight is 346 g/mol. The second-order valence-electron chi connectivity index (χ2n) is 2.90. The van der Waals surface area contributed by atoms with E-state index in [0.29, 0.717) is 15.1 Å². The Bertz CT molecular complexity index is 525. The lowest BCUT2D eigenvalue weighted by molar-refractivity contribution is 0.0995. The number of hydrogen-bond acceptors (Lipinski definition) is 3. The minimum Gasteiger partial charge on any atom is -0.444 e. The van der Waals surface area contributed by atoms with Crippen LogP contribution < -0.4 is 5.32 Å². The van der Waals surface area contributed by atoms with Crippen molar-refractivity contribution in [2.75, 3.05) is 5.32 Å². The van der Waals surface area contributed by atoms with E-state index in [9.17, 15) is 4.79 Å². The lowest BCUT2D eigenvalue weighted by Crippen LogP contribution is -2.11. The maximum atomic E-state index is 11.7. The summed E-state index contributed by atoms with van der Waals surface area (Å²) in [5.41, 5.74) is 0. The minimum absolute atomic E-state index is 0.230. The van der Waals surface area contributed by atoms with Crippen LogP contribution in [0.25, 0.3) is 0 Å². The van der Waals surface area contributed by atoms with Gasteiger partial charge in [-0.15, -0.1) is 0 Å². The second-order valence-corrected chi connectivity index (χ2v) is 4.50. The SMILES string of the molecule is O=C(Nc1cccc(Br)n1)c1ccc(Br)o1. The second kappa shape index (κ2) is 4.80. The Morgan fingerprint density at radius 3 is 2.69 bits per heavy atom. The average Bonchev–Trinajstić information content (AvgIpc) is 2.65. The lowest BCUT2D eigenvalue weighted by atomic mass is 10.4. The van der Waals surface area contributed by atoms with Gasteiger partial charge in [0.1, 0.15) is 10.4 Å². The number of anilines is 1. The van der Waals surface area contributed by atoms with Crippen molar-refractivity contribution in [1.29, 1.82) is 0 Å². The smallest absolute Gasteiger partial charge is 0.292 e. The zero-order valence-corrected chi connectivity index (χ0v) is 11.1. The highest BCUT2D eigenvalue weighted by Gasteiger charge is 2.10. The molecule has 16 heavy (non-hydrogen) atoms. The first-order valence-corrected chi connectivity index (χ1v) is 5.93. The number of pyridine rings is 1. The summed E-state index contributed by atoms with van der Waals surface area (Å²) in [6.07, 6.45) is 0.